The summed E-state index contributed by atoms with van der Waals surface area (Å²) in [6, 6.07) is 7.54. The van der Waals surface area contributed by atoms with Gasteiger partial charge in [-0.1, -0.05) is 44.0 Å². The highest BCUT2D eigenvalue weighted by atomic mass is 35.5. The van der Waals surface area contributed by atoms with Gasteiger partial charge in [0.15, 0.2) is 0 Å². The maximum absolute atomic E-state index is 12.6. The molecule has 1 aliphatic rings. The van der Waals surface area contributed by atoms with Crippen molar-refractivity contribution in [1.29, 1.82) is 0 Å². The molecule has 5 heteroatoms. The van der Waals surface area contributed by atoms with Crippen LogP contribution in [-0.2, 0) is 15.0 Å². The van der Waals surface area contributed by atoms with Crippen LogP contribution >= 0.6 is 11.6 Å². The monoisotopic (exact) mass is 322 g/mol. The lowest BCUT2D eigenvalue weighted by Gasteiger charge is -2.40. The molecule has 0 bridgehead atoms. The summed E-state index contributed by atoms with van der Waals surface area (Å²) in [4.78, 5) is 24.0. The average molecular weight is 323 g/mol. The van der Waals surface area contributed by atoms with E-state index in [2.05, 4.69) is 10.6 Å². The molecule has 1 fully saturated rings. The van der Waals surface area contributed by atoms with Gasteiger partial charge in [0, 0.05) is 24.0 Å². The summed E-state index contributed by atoms with van der Waals surface area (Å²) in [5.74, 6) is -0.0117. The number of benzene rings is 1. The van der Waals surface area contributed by atoms with Crippen LogP contribution in [0, 0.1) is 5.92 Å². The van der Waals surface area contributed by atoms with Gasteiger partial charge in [0.1, 0.15) is 0 Å². The van der Waals surface area contributed by atoms with Gasteiger partial charge in [0.05, 0.1) is 5.41 Å². The first kappa shape index (κ1) is 16.8. The van der Waals surface area contributed by atoms with Crippen LogP contribution in [0.4, 0.5) is 0 Å². The molecule has 0 radical (unpaired) electrons. The van der Waals surface area contributed by atoms with E-state index < -0.39 is 5.41 Å². The second-order valence-electron chi connectivity index (χ2n) is 6.15. The molecule has 0 aromatic heterocycles. The quantitative estimate of drug-likeness (QED) is 0.791. The Labute approximate surface area is 136 Å². The van der Waals surface area contributed by atoms with Gasteiger partial charge in [-0.05, 0) is 30.5 Å². The summed E-state index contributed by atoms with van der Waals surface area (Å²) < 4.78 is 0. The maximum Gasteiger partial charge on any atom is 0.230 e. The third-order valence-corrected chi connectivity index (χ3v) is 4.49. The van der Waals surface area contributed by atoms with Crippen LogP contribution in [0.2, 0.25) is 5.02 Å². The first-order valence-corrected chi connectivity index (χ1v) is 8.15. The maximum atomic E-state index is 12.6. The van der Waals surface area contributed by atoms with Gasteiger partial charge < -0.3 is 10.6 Å². The number of hydrogen-bond acceptors (Lipinski definition) is 2. The lowest BCUT2D eigenvalue weighted by Crippen LogP contribution is -2.50. The lowest BCUT2D eigenvalue weighted by molar-refractivity contribution is -0.130. The van der Waals surface area contributed by atoms with E-state index in [4.69, 9.17) is 11.6 Å². The molecule has 0 unspecified atom stereocenters. The molecule has 0 atom stereocenters. The highest BCUT2D eigenvalue weighted by molar-refractivity contribution is 6.30. The summed E-state index contributed by atoms with van der Waals surface area (Å²) in [5, 5.41) is 6.39. The zero-order valence-electron chi connectivity index (χ0n) is 13.1. The Kier molecular flexibility index (Phi) is 5.46. The number of amides is 2. The molecule has 120 valence electrons. The molecular formula is C17H23ClN2O2. The van der Waals surface area contributed by atoms with E-state index in [0.717, 1.165) is 24.8 Å². The summed E-state index contributed by atoms with van der Waals surface area (Å²) in [7, 11) is 0. The Morgan fingerprint density at radius 1 is 1.23 bits per heavy atom. The number of nitrogens with one attached hydrogen (secondary N) is 2. The molecule has 2 amide bonds. The van der Waals surface area contributed by atoms with E-state index in [0.29, 0.717) is 18.1 Å². The summed E-state index contributed by atoms with van der Waals surface area (Å²) in [5.41, 5.74) is 0.530. The Morgan fingerprint density at radius 3 is 2.45 bits per heavy atom. The fraction of sp³-hybridized carbons (Fsp3) is 0.529. The van der Waals surface area contributed by atoms with E-state index in [9.17, 15) is 9.59 Å². The van der Waals surface area contributed by atoms with Gasteiger partial charge in [-0.15, -0.1) is 0 Å². The van der Waals surface area contributed by atoms with Gasteiger partial charge >= 0.3 is 0 Å². The van der Waals surface area contributed by atoms with Gasteiger partial charge in [-0.25, -0.2) is 0 Å². The predicted molar refractivity (Wildman–Crippen MR) is 87.8 cm³/mol. The smallest absolute Gasteiger partial charge is 0.230 e. The number of halogens is 1. The van der Waals surface area contributed by atoms with Crippen LogP contribution in [0.1, 0.15) is 38.7 Å². The first-order chi connectivity index (χ1) is 10.5. The largest absolute Gasteiger partial charge is 0.354 e. The van der Waals surface area contributed by atoms with Crippen molar-refractivity contribution in [1.82, 2.24) is 10.6 Å². The van der Waals surface area contributed by atoms with E-state index in [-0.39, 0.29) is 17.7 Å². The summed E-state index contributed by atoms with van der Waals surface area (Å²) in [6.07, 6.45) is 2.74. The molecule has 4 nitrogen and oxygen atoms in total. The topological polar surface area (TPSA) is 58.2 Å². The van der Waals surface area contributed by atoms with Crippen molar-refractivity contribution in [3.8, 4) is 0 Å². The van der Waals surface area contributed by atoms with Gasteiger partial charge in [0.2, 0.25) is 11.8 Å². The third kappa shape index (κ3) is 3.61. The molecule has 0 heterocycles. The second-order valence-corrected chi connectivity index (χ2v) is 6.58. The van der Waals surface area contributed by atoms with Crippen molar-refractivity contribution < 1.29 is 9.59 Å². The number of carbonyl (C=O) groups excluding carboxylic acids is 2. The SMILES string of the molecule is CC(C)C(=O)NCCNC(=O)C1(c2cccc(Cl)c2)CCC1. The van der Waals surface area contributed by atoms with Gasteiger partial charge in [-0.2, -0.15) is 0 Å². The van der Waals surface area contributed by atoms with Crippen molar-refractivity contribution >= 4 is 23.4 Å². The molecule has 1 saturated carbocycles. The highest BCUT2D eigenvalue weighted by Gasteiger charge is 2.45. The van der Waals surface area contributed by atoms with E-state index in [1.54, 1.807) is 0 Å². The summed E-state index contributed by atoms with van der Waals surface area (Å²) in [6.45, 7) is 4.58. The second kappa shape index (κ2) is 7.14. The molecule has 1 aliphatic carbocycles. The summed E-state index contributed by atoms with van der Waals surface area (Å²) >= 11 is 6.05. The van der Waals surface area contributed by atoms with Crippen LogP contribution in [0.25, 0.3) is 0 Å². The van der Waals surface area contributed by atoms with Crippen molar-refractivity contribution in [3.05, 3.63) is 34.9 Å². The van der Waals surface area contributed by atoms with Crippen LogP contribution in [0.15, 0.2) is 24.3 Å². The first-order valence-electron chi connectivity index (χ1n) is 7.78. The highest BCUT2D eigenvalue weighted by Crippen LogP contribution is 2.44. The van der Waals surface area contributed by atoms with E-state index >= 15 is 0 Å². The molecule has 0 spiro atoms. The van der Waals surface area contributed by atoms with Crippen molar-refractivity contribution in [2.45, 2.75) is 38.5 Å². The lowest BCUT2D eigenvalue weighted by atomic mass is 9.64. The zero-order chi connectivity index (χ0) is 16.2. The van der Waals surface area contributed by atoms with E-state index in [1.165, 1.54) is 0 Å². The molecule has 2 N–H and O–H groups in total. The minimum atomic E-state index is -0.451. The molecule has 0 saturated heterocycles. The molecule has 1 aromatic rings. The minimum absolute atomic E-state index is 0.00227. The standard InChI is InChI=1S/C17H23ClN2O2/c1-12(2)15(21)19-9-10-20-16(22)17(7-4-8-17)13-5-3-6-14(18)11-13/h3,5-6,11-12H,4,7-10H2,1-2H3,(H,19,21)(H,20,22). The molecule has 2 rings (SSSR count). The Morgan fingerprint density at radius 2 is 1.91 bits per heavy atom. The normalized spacial score (nSPS) is 16.0. The number of rotatable bonds is 6. The molecule has 22 heavy (non-hydrogen) atoms. The van der Waals surface area contributed by atoms with E-state index in [1.807, 2.05) is 38.1 Å². The molecular weight excluding hydrogens is 300 g/mol. The van der Waals surface area contributed by atoms with Crippen LogP contribution < -0.4 is 10.6 Å². The predicted octanol–water partition coefficient (Wildman–Crippen LogP) is 2.65. The van der Waals surface area contributed by atoms with Crippen LogP contribution in [0.5, 0.6) is 0 Å². The third-order valence-electron chi connectivity index (χ3n) is 4.25. The van der Waals surface area contributed by atoms with Crippen molar-refractivity contribution in [2.24, 2.45) is 5.92 Å². The Hall–Kier alpha value is -1.55. The number of carbonyl (C=O) groups is 2. The molecule has 0 aliphatic heterocycles. The Balaban J connectivity index is 1.91. The number of hydrogen-bond donors (Lipinski definition) is 2. The zero-order valence-corrected chi connectivity index (χ0v) is 13.9. The fourth-order valence-electron chi connectivity index (χ4n) is 2.70. The minimum Gasteiger partial charge on any atom is -0.354 e. The van der Waals surface area contributed by atoms with Gasteiger partial charge in [-0.3, -0.25) is 9.59 Å². The Bertz CT molecular complexity index is 553. The van der Waals surface area contributed by atoms with Crippen molar-refractivity contribution in [3.63, 3.8) is 0 Å². The van der Waals surface area contributed by atoms with Crippen molar-refractivity contribution in [2.75, 3.05) is 13.1 Å². The fourth-order valence-corrected chi connectivity index (χ4v) is 2.89. The van der Waals surface area contributed by atoms with Crippen LogP contribution in [-0.4, -0.2) is 24.9 Å². The van der Waals surface area contributed by atoms with Crippen LogP contribution in [0.3, 0.4) is 0 Å². The van der Waals surface area contributed by atoms with Gasteiger partial charge in [0.25, 0.3) is 0 Å². The average Bonchev–Trinajstić information content (AvgIpc) is 2.42. The molecule has 1 aromatic carbocycles.